The van der Waals surface area contributed by atoms with Gasteiger partial charge in [-0.2, -0.15) is 0 Å². The Morgan fingerprint density at radius 2 is 1.20 bits per heavy atom. The minimum atomic E-state index is -3.83. The van der Waals surface area contributed by atoms with Crippen molar-refractivity contribution in [2.24, 2.45) is 0 Å². The minimum absolute atomic E-state index is 0.0976. The summed E-state index contributed by atoms with van der Waals surface area (Å²) in [4.78, 5) is 10.4. The largest absolute Gasteiger partial charge is 0.507 e. The maximum atomic E-state index is 12.7. The van der Waals surface area contributed by atoms with E-state index in [9.17, 15) is 9.22 Å². The topological polar surface area (TPSA) is 50.9 Å². The highest BCUT2D eigenvalue weighted by atomic mass is 16.3. The van der Waals surface area contributed by atoms with Gasteiger partial charge in [0.15, 0.2) is 0 Å². The van der Waals surface area contributed by atoms with Gasteiger partial charge in [-0.25, -0.2) is 4.98 Å². The number of imidazole rings is 1. The highest BCUT2D eigenvalue weighted by molar-refractivity contribution is 5.98. The van der Waals surface area contributed by atoms with Crippen molar-refractivity contribution in [2.45, 2.75) is 124 Å². The normalized spacial score (nSPS) is 16.1. The van der Waals surface area contributed by atoms with Gasteiger partial charge in [-0.1, -0.05) is 200 Å². The van der Waals surface area contributed by atoms with Crippen LogP contribution in [0.2, 0.25) is 0 Å². The van der Waals surface area contributed by atoms with E-state index in [1.165, 1.54) is 12.3 Å². The Bertz CT molecular complexity index is 3990. The summed E-state index contributed by atoms with van der Waals surface area (Å²) in [6.45, 7) is 11.4. The first kappa shape index (κ1) is 34.3. The van der Waals surface area contributed by atoms with Crippen molar-refractivity contribution in [3.8, 4) is 78.6 Å². The van der Waals surface area contributed by atoms with Crippen LogP contribution in [-0.2, 0) is 21.7 Å². The lowest BCUT2D eigenvalue weighted by molar-refractivity contribution is 0.446. The molecule has 0 bridgehead atoms. The van der Waals surface area contributed by atoms with Gasteiger partial charge in [0.1, 0.15) is 11.6 Å². The zero-order valence-corrected chi connectivity index (χ0v) is 42.6. The molecule has 0 aliphatic heterocycles. The summed E-state index contributed by atoms with van der Waals surface area (Å²) in [6, 6.07) is 39.4. The van der Waals surface area contributed by atoms with Gasteiger partial charge < -0.3 is 5.11 Å². The first-order valence-corrected chi connectivity index (χ1v) is 24.1. The van der Waals surface area contributed by atoms with Crippen molar-refractivity contribution in [3.05, 3.63) is 192 Å². The Morgan fingerprint density at radius 1 is 0.521 bits per heavy atom. The summed E-state index contributed by atoms with van der Waals surface area (Å²) in [5.41, 5.74) is 5.92. The standard InChI is InChI=1S/C67H71N3O/c1-42(2)46-27-32-59(55(38-46)45-25-30-52(31-26-45)65(6,7)8)70-60-22-18-21-54(61(60)69-63(70)56-40-53(66(9,10)11)41-57(62(56)71)67(12,13)14)49-35-48(43-19-16-15-17-20-43)36-50(37-49)58-39-47(33-34-68-58)44-23-28-51(29-24-44)64(3,4)5/h15-42,71H,1-14H3/i3D3,4D3,5D3,23D,24D,28D,29D,42D. The third-order valence-electron chi connectivity index (χ3n) is 13.3. The number of aromatic nitrogens is 3. The average Bonchev–Trinajstić information content (AvgIpc) is 0.994. The Kier molecular flexibility index (Phi) is 8.84. The number of pyridine rings is 1. The van der Waals surface area contributed by atoms with Crippen LogP contribution in [-0.4, -0.2) is 19.6 Å². The molecule has 9 rings (SSSR count). The zero-order valence-electron chi connectivity index (χ0n) is 56.6. The zero-order chi connectivity index (χ0) is 62.7. The van der Waals surface area contributed by atoms with Crippen molar-refractivity contribution in [1.82, 2.24) is 14.5 Å². The first-order chi connectivity index (χ1) is 39.2. The van der Waals surface area contributed by atoms with Gasteiger partial charge in [0, 0.05) is 42.2 Å². The van der Waals surface area contributed by atoms with E-state index in [-0.39, 0.29) is 27.7 Å². The summed E-state index contributed by atoms with van der Waals surface area (Å²) in [5.74, 6) is -0.372. The fourth-order valence-electron chi connectivity index (χ4n) is 9.11. The van der Waals surface area contributed by atoms with Crippen LogP contribution in [0, 0.1) is 0 Å². The molecule has 4 heteroatoms. The van der Waals surface area contributed by atoms with E-state index in [0.29, 0.717) is 44.8 Å². The van der Waals surface area contributed by atoms with Crippen molar-refractivity contribution in [3.63, 3.8) is 0 Å². The lowest BCUT2D eigenvalue weighted by Gasteiger charge is -2.27. The van der Waals surface area contributed by atoms with Crippen LogP contribution in [0.4, 0.5) is 0 Å². The van der Waals surface area contributed by atoms with Gasteiger partial charge in [-0.3, -0.25) is 9.55 Å². The number of phenols is 1. The molecule has 1 N–H and O–H groups in total. The molecular formula is C67H71N3O. The SMILES string of the molecule is [2H]c1c([2H])c(C(C([2H])([2H])[2H])(C([2H])([2H])[2H])C([2H])([2H])[2H])c([2H])c([2H])c1-c1ccnc(-c2cc(-c3ccccc3)cc(-c3cccc4c3nc(-c3cc(C(C)(C)C)cc(C(C)(C)C)c3O)n4-c3ccc(C([2H])(C)C)cc3-c3ccc(C(C)(C)C)cc3)c2)c1. The van der Waals surface area contributed by atoms with Crippen molar-refractivity contribution >= 4 is 11.0 Å². The number of para-hydroxylation sites is 1. The quantitative estimate of drug-likeness (QED) is 0.165. The molecule has 0 fully saturated rings. The van der Waals surface area contributed by atoms with Gasteiger partial charge in [0.2, 0.25) is 0 Å². The number of hydrogen-bond acceptors (Lipinski definition) is 3. The maximum absolute atomic E-state index is 12.7. The van der Waals surface area contributed by atoms with Crippen molar-refractivity contribution in [2.75, 3.05) is 0 Å². The van der Waals surface area contributed by atoms with E-state index >= 15 is 0 Å². The molecule has 2 heterocycles. The summed E-state index contributed by atoms with van der Waals surface area (Å²) >= 11 is 0. The molecule has 0 amide bonds. The van der Waals surface area contributed by atoms with Crippen molar-refractivity contribution < 1.29 is 24.3 Å². The summed E-state index contributed by atoms with van der Waals surface area (Å²) in [7, 11) is 0. The van der Waals surface area contributed by atoms with Crippen LogP contribution in [0.3, 0.4) is 0 Å². The molecule has 0 aliphatic carbocycles. The monoisotopic (exact) mass is 948 g/mol. The molecule has 0 spiro atoms. The maximum Gasteiger partial charge on any atom is 0.149 e. The molecule has 9 aromatic rings. The van der Waals surface area contributed by atoms with Gasteiger partial charge in [0.05, 0.1) is 33.5 Å². The molecule has 0 saturated carbocycles. The fourth-order valence-corrected chi connectivity index (χ4v) is 9.11. The minimum Gasteiger partial charge on any atom is -0.507 e. The smallest absolute Gasteiger partial charge is 0.149 e. The van der Waals surface area contributed by atoms with Gasteiger partial charge >= 0.3 is 0 Å². The van der Waals surface area contributed by atoms with Gasteiger partial charge in [0.25, 0.3) is 0 Å². The number of aromatic hydroxyl groups is 1. The molecule has 4 nitrogen and oxygen atoms in total. The molecule has 2 aromatic heterocycles. The summed E-state index contributed by atoms with van der Waals surface area (Å²) < 4.78 is 123. The van der Waals surface area contributed by atoms with Crippen LogP contribution >= 0.6 is 0 Å². The van der Waals surface area contributed by atoms with E-state index in [1.807, 2.05) is 98.8 Å². The molecule has 0 radical (unpaired) electrons. The van der Waals surface area contributed by atoms with Gasteiger partial charge in [-0.05, 0) is 138 Å². The highest BCUT2D eigenvalue weighted by Gasteiger charge is 2.30. The predicted octanol–water partition coefficient (Wildman–Crippen LogP) is 18.4. The number of benzene rings is 7. The van der Waals surface area contributed by atoms with E-state index in [1.54, 1.807) is 6.07 Å². The Morgan fingerprint density at radius 3 is 1.85 bits per heavy atom. The second kappa shape index (κ2) is 18.3. The van der Waals surface area contributed by atoms with Gasteiger partial charge in [-0.15, -0.1) is 0 Å². The van der Waals surface area contributed by atoms with Crippen LogP contribution in [0.25, 0.3) is 83.9 Å². The lowest BCUT2D eigenvalue weighted by atomic mass is 9.79. The number of nitrogens with zero attached hydrogens (tertiary/aromatic N) is 3. The van der Waals surface area contributed by atoms with Crippen LogP contribution in [0.1, 0.15) is 150 Å². The Labute approximate surface area is 443 Å². The molecule has 0 saturated heterocycles. The summed E-state index contributed by atoms with van der Waals surface area (Å²) in [6.07, 6.45) is 1.43. The van der Waals surface area contributed by atoms with E-state index in [0.717, 1.165) is 50.2 Å². The molecule has 7 aromatic carbocycles. The average molecular weight is 948 g/mol. The van der Waals surface area contributed by atoms with Crippen molar-refractivity contribution in [1.29, 1.82) is 0 Å². The van der Waals surface area contributed by atoms with E-state index in [2.05, 4.69) is 103 Å². The third-order valence-corrected chi connectivity index (χ3v) is 13.3. The molecule has 0 atom stereocenters. The highest BCUT2D eigenvalue weighted by Crippen LogP contribution is 2.46. The molecule has 0 aliphatic rings. The summed E-state index contributed by atoms with van der Waals surface area (Å²) in [5, 5.41) is 12.7. The Hall–Kier alpha value is -7.04. The molecule has 71 heavy (non-hydrogen) atoms. The predicted molar refractivity (Wildman–Crippen MR) is 302 cm³/mol. The molecule has 0 unspecified atom stereocenters. The second-order valence-corrected chi connectivity index (χ2v) is 22.0. The molecular weight excluding hydrogens is 863 g/mol. The van der Waals surface area contributed by atoms with Crippen LogP contribution in [0.5, 0.6) is 5.75 Å². The van der Waals surface area contributed by atoms with Crippen LogP contribution in [0.15, 0.2) is 164 Å². The molecule has 360 valence electrons. The number of phenolic OH excluding ortho intramolecular Hbond substituents is 1. The Balaban J connectivity index is 1.34. The fraction of sp³-hybridized carbons (Fsp3) is 0.284. The first-order valence-electron chi connectivity index (χ1n) is 31.1. The number of fused-ring (bicyclic) bond motifs is 1. The second-order valence-electron chi connectivity index (χ2n) is 22.0. The third kappa shape index (κ3) is 9.87. The lowest BCUT2D eigenvalue weighted by Crippen LogP contribution is -2.17. The van der Waals surface area contributed by atoms with Crippen LogP contribution < -0.4 is 0 Å². The van der Waals surface area contributed by atoms with E-state index in [4.69, 9.17) is 25.0 Å². The number of hydrogen-bond donors (Lipinski definition) is 1. The number of rotatable bonds is 8. The van der Waals surface area contributed by atoms with E-state index < -0.39 is 67.0 Å².